The van der Waals surface area contributed by atoms with Crippen LogP contribution in [0.3, 0.4) is 0 Å². The van der Waals surface area contributed by atoms with Gasteiger partial charge in [-0.05, 0) is 37.1 Å². The maximum atomic E-state index is 12.0. The molecule has 0 saturated heterocycles. The zero-order chi connectivity index (χ0) is 15.3. The maximum Gasteiger partial charge on any atom is 0.338 e. The second-order valence-electron chi connectivity index (χ2n) is 4.44. The molecule has 0 heterocycles. The van der Waals surface area contributed by atoms with E-state index in [4.69, 9.17) is 14.6 Å². The van der Waals surface area contributed by atoms with Crippen LogP contribution >= 0.6 is 0 Å². The zero-order valence-corrected chi connectivity index (χ0v) is 12.6. The molecule has 7 heteroatoms. The molecule has 0 saturated carbocycles. The van der Waals surface area contributed by atoms with Gasteiger partial charge in [-0.25, -0.2) is 18.4 Å². The van der Waals surface area contributed by atoms with Gasteiger partial charge in [0.2, 0.25) is 10.0 Å². The number of methoxy groups -OCH3 is 1. The fourth-order valence-corrected chi connectivity index (χ4v) is 2.27. The number of carbonyl (C=O) groups is 1. The van der Waals surface area contributed by atoms with E-state index in [0.717, 1.165) is 0 Å². The Labute approximate surface area is 118 Å². The van der Waals surface area contributed by atoms with E-state index in [9.17, 15) is 13.2 Å². The Morgan fingerprint density at radius 2 is 1.90 bits per heavy atom. The molecule has 0 unspecified atom stereocenters. The number of hydrogen-bond acceptors (Lipinski definition) is 5. The minimum absolute atomic E-state index is 0.0931. The van der Waals surface area contributed by atoms with Gasteiger partial charge >= 0.3 is 5.97 Å². The summed E-state index contributed by atoms with van der Waals surface area (Å²) in [7, 11) is -2.29. The smallest absolute Gasteiger partial charge is 0.338 e. The highest BCUT2D eigenvalue weighted by Crippen LogP contribution is 2.20. The average Bonchev–Trinajstić information content (AvgIpc) is 2.36. The number of esters is 1. The SMILES string of the molecule is COCCCOC(=O)c1cc(S(N)(=O)=O)cc(C)c1C. The largest absolute Gasteiger partial charge is 0.462 e. The number of rotatable bonds is 6. The first kappa shape index (κ1) is 16.6. The van der Waals surface area contributed by atoms with E-state index in [1.807, 2.05) is 0 Å². The lowest BCUT2D eigenvalue weighted by atomic mass is 10.0. The van der Waals surface area contributed by atoms with Crippen LogP contribution in [0.15, 0.2) is 17.0 Å². The van der Waals surface area contributed by atoms with Crippen molar-refractivity contribution in [2.75, 3.05) is 20.3 Å². The topological polar surface area (TPSA) is 95.7 Å². The van der Waals surface area contributed by atoms with Crippen LogP contribution in [0.4, 0.5) is 0 Å². The number of nitrogens with two attached hydrogens (primary N) is 1. The fraction of sp³-hybridized carbons (Fsp3) is 0.462. The lowest BCUT2D eigenvalue weighted by molar-refractivity contribution is 0.0467. The van der Waals surface area contributed by atoms with Gasteiger partial charge in [-0.3, -0.25) is 0 Å². The molecule has 0 radical (unpaired) electrons. The molecule has 0 spiro atoms. The first-order chi connectivity index (χ1) is 9.27. The standard InChI is InChI=1S/C13H19NO5S/c1-9-7-11(20(14,16)17)8-12(10(9)2)13(15)19-6-4-5-18-3/h7-8H,4-6H2,1-3H3,(H2,14,16,17). The summed E-state index contributed by atoms with van der Waals surface area (Å²) in [5.74, 6) is -0.563. The molecule has 0 aliphatic rings. The first-order valence-corrected chi connectivity index (χ1v) is 7.62. The molecule has 1 rings (SSSR count). The summed E-state index contributed by atoms with van der Waals surface area (Å²) in [6.07, 6.45) is 0.579. The van der Waals surface area contributed by atoms with Crippen LogP contribution in [-0.2, 0) is 19.5 Å². The van der Waals surface area contributed by atoms with Gasteiger partial charge in [-0.1, -0.05) is 0 Å². The number of aryl methyl sites for hydroxylation is 1. The Bertz CT molecular complexity index is 595. The normalized spacial score (nSPS) is 11.4. The van der Waals surface area contributed by atoms with E-state index in [-0.39, 0.29) is 17.1 Å². The van der Waals surface area contributed by atoms with Gasteiger partial charge < -0.3 is 9.47 Å². The van der Waals surface area contributed by atoms with E-state index in [1.165, 1.54) is 12.1 Å². The molecule has 0 aromatic heterocycles. The third kappa shape index (κ3) is 4.29. The van der Waals surface area contributed by atoms with Crippen LogP contribution in [-0.4, -0.2) is 34.7 Å². The highest BCUT2D eigenvalue weighted by molar-refractivity contribution is 7.89. The molecule has 2 N–H and O–H groups in total. The van der Waals surface area contributed by atoms with Crippen molar-refractivity contribution in [2.24, 2.45) is 5.14 Å². The Hall–Kier alpha value is -1.44. The molecule has 6 nitrogen and oxygen atoms in total. The summed E-state index contributed by atoms with van der Waals surface area (Å²) in [4.78, 5) is 11.9. The highest BCUT2D eigenvalue weighted by atomic mass is 32.2. The molecule has 112 valence electrons. The third-order valence-corrected chi connectivity index (χ3v) is 3.81. The molecule has 0 fully saturated rings. The van der Waals surface area contributed by atoms with Crippen LogP contribution in [0.1, 0.15) is 27.9 Å². The zero-order valence-electron chi connectivity index (χ0n) is 11.8. The minimum atomic E-state index is -3.85. The van der Waals surface area contributed by atoms with Crippen LogP contribution in [0.2, 0.25) is 0 Å². The van der Waals surface area contributed by atoms with E-state index in [0.29, 0.717) is 24.2 Å². The molecule has 20 heavy (non-hydrogen) atoms. The second-order valence-corrected chi connectivity index (χ2v) is 6.00. The van der Waals surface area contributed by atoms with Gasteiger partial charge in [0.25, 0.3) is 0 Å². The quantitative estimate of drug-likeness (QED) is 0.628. The molecule has 0 bridgehead atoms. The van der Waals surface area contributed by atoms with Gasteiger partial charge in [0.05, 0.1) is 17.1 Å². The lowest BCUT2D eigenvalue weighted by Gasteiger charge is -2.11. The molecule has 0 aliphatic heterocycles. The van der Waals surface area contributed by atoms with Gasteiger partial charge in [-0.2, -0.15) is 0 Å². The summed E-state index contributed by atoms with van der Waals surface area (Å²) < 4.78 is 32.7. The first-order valence-electron chi connectivity index (χ1n) is 6.07. The number of sulfonamides is 1. The molecule has 0 amide bonds. The highest BCUT2D eigenvalue weighted by Gasteiger charge is 2.17. The number of hydrogen-bond donors (Lipinski definition) is 1. The van der Waals surface area contributed by atoms with Crippen molar-refractivity contribution in [2.45, 2.75) is 25.2 Å². The molecule has 1 aromatic carbocycles. The third-order valence-electron chi connectivity index (χ3n) is 2.92. The number of primary sulfonamides is 1. The van der Waals surface area contributed by atoms with Gasteiger partial charge in [-0.15, -0.1) is 0 Å². The summed E-state index contributed by atoms with van der Waals surface area (Å²) in [6.45, 7) is 4.15. The molecule has 0 aliphatic carbocycles. The van der Waals surface area contributed by atoms with Gasteiger partial charge in [0.1, 0.15) is 0 Å². The predicted molar refractivity (Wildman–Crippen MR) is 74.1 cm³/mol. The summed E-state index contributed by atoms with van der Waals surface area (Å²) in [6, 6.07) is 2.68. The monoisotopic (exact) mass is 301 g/mol. The Balaban J connectivity index is 2.99. The van der Waals surface area contributed by atoms with Crippen molar-refractivity contribution >= 4 is 16.0 Å². The average molecular weight is 301 g/mol. The lowest BCUT2D eigenvalue weighted by Crippen LogP contribution is -2.16. The van der Waals surface area contributed by atoms with Gasteiger partial charge in [0, 0.05) is 20.1 Å². The van der Waals surface area contributed by atoms with Crippen molar-refractivity contribution in [3.05, 3.63) is 28.8 Å². The number of carbonyl (C=O) groups excluding carboxylic acids is 1. The number of ether oxygens (including phenoxy) is 2. The molecule has 0 atom stereocenters. The molecular weight excluding hydrogens is 282 g/mol. The van der Waals surface area contributed by atoms with Crippen molar-refractivity contribution in [3.8, 4) is 0 Å². The van der Waals surface area contributed by atoms with Crippen LogP contribution in [0, 0.1) is 13.8 Å². The van der Waals surface area contributed by atoms with Crippen molar-refractivity contribution in [3.63, 3.8) is 0 Å². The van der Waals surface area contributed by atoms with E-state index in [1.54, 1.807) is 21.0 Å². The Kier molecular flexibility index (Phi) is 5.67. The number of benzene rings is 1. The second kappa shape index (κ2) is 6.83. The minimum Gasteiger partial charge on any atom is -0.462 e. The van der Waals surface area contributed by atoms with E-state index >= 15 is 0 Å². The van der Waals surface area contributed by atoms with Crippen molar-refractivity contribution < 1.29 is 22.7 Å². The summed E-state index contributed by atoms with van der Waals surface area (Å²) in [5, 5.41) is 5.09. The molecule has 1 aromatic rings. The summed E-state index contributed by atoms with van der Waals surface area (Å²) >= 11 is 0. The van der Waals surface area contributed by atoms with Crippen LogP contribution in [0.25, 0.3) is 0 Å². The predicted octanol–water partition coefficient (Wildman–Crippen LogP) is 1.14. The van der Waals surface area contributed by atoms with Crippen molar-refractivity contribution in [1.29, 1.82) is 0 Å². The van der Waals surface area contributed by atoms with E-state index < -0.39 is 16.0 Å². The van der Waals surface area contributed by atoms with Crippen LogP contribution in [0.5, 0.6) is 0 Å². The van der Waals surface area contributed by atoms with Gasteiger partial charge in [0.15, 0.2) is 0 Å². The van der Waals surface area contributed by atoms with E-state index in [2.05, 4.69) is 0 Å². The van der Waals surface area contributed by atoms with Crippen molar-refractivity contribution in [1.82, 2.24) is 0 Å². The molecular formula is C13H19NO5S. The summed E-state index contributed by atoms with van der Waals surface area (Å²) in [5.41, 5.74) is 1.56. The Morgan fingerprint density at radius 1 is 1.25 bits per heavy atom. The van der Waals surface area contributed by atoms with Crippen LogP contribution < -0.4 is 5.14 Å². The maximum absolute atomic E-state index is 12.0. The fourth-order valence-electron chi connectivity index (χ4n) is 1.65. The Morgan fingerprint density at radius 3 is 2.45 bits per heavy atom.